The molecular formula is C17H12ClNO2S. The molecule has 0 saturated heterocycles. The van der Waals surface area contributed by atoms with E-state index in [1.54, 1.807) is 24.3 Å². The van der Waals surface area contributed by atoms with Gasteiger partial charge in [-0.05, 0) is 36.6 Å². The highest BCUT2D eigenvalue weighted by Crippen LogP contribution is 2.37. The summed E-state index contributed by atoms with van der Waals surface area (Å²) in [7, 11) is 0. The van der Waals surface area contributed by atoms with Crippen LogP contribution in [0.4, 0.5) is 0 Å². The Morgan fingerprint density at radius 1 is 1.00 bits per heavy atom. The lowest BCUT2D eigenvalue weighted by Gasteiger charge is -2.14. The van der Waals surface area contributed by atoms with E-state index in [1.165, 1.54) is 5.54 Å². The first-order valence-corrected chi connectivity index (χ1v) is 7.86. The summed E-state index contributed by atoms with van der Waals surface area (Å²) >= 11 is 6.94. The Morgan fingerprint density at radius 3 is 2.05 bits per heavy atom. The molecule has 1 aliphatic heterocycles. The van der Waals surface area contributed by atoms with Crippen molar-refractivity contribution in [2.45, 2.75) is 6.92 Å². The predicted molar refractivity (Wildman–Crippen MR) is 89.5 cm³/mol. The van der Waals surface area contributed by atoms with Gasteiger partial charge in [-0.25, -0.2) is 4.31 Å². The molecule has 2 aromatic carbocycles. The SMILES string of the molecule is Cc1ccc(/C(=C\Cl)SN2C(=O)c3ccccc3C2=O)cc1. The molecule has 0 atom stereocenters. The van der Waals surface area contributed by atoms with Crippen LogP contribution in [-0.2, 0) is 0 Å². The molecule has 0 aromatic heterocycles. The zero-order valence-corrected chi connectivity index (χ0v) is 13.3. The number of carbonyl (C=O) groups excluding carboxylic acids is 2. The van der Waals surface area contributed by atoms with Gasteiger partial charge in [0.2, 0.25) is 0 Å². The van der Waals surface area contributed by atoms with Crippen molar-refractivity contribution in [3.8, 4) is 0 Å². The monoisotopic (exact) mass is 329 g/mol. The average Bonchev–Trinajstić information content (AvgIpc) is 2.78. The molecule has 2 amide bonds. The zero-order valence-electron chi connectivity index (χ0n) is 11.7. The van der Waals surface area contributed by atoms with Crippen molar-refractivity contribution in [1.82, 2.24) is 4.31 Å². The molecule has 5 heteroatoms. The van der Waals surface area contributed by atoms with Gasteiger partial charge in [0.1, 0.15) is 0 Å². The summed E-state index contributed by atoms with van der Waals surface area (Å²) in [6, 6.07) is 14.5. The molecule has 0 aliphatic carbocycles. The number of fused-ring (bicyclic) bond motifs is 1. The van der Waals surface area contributed by atoms with Crippen molar-refractivity contribution in [3.05, 3.63) is 76.3 Å². The number of hydrogen-bond donors (Lipinski definition) is 0. The first kappa shape index (κ1) is 14.9. The fraction of sp³-hybridized carbons (Fsp3) is 0.0588. The van der Waals surface area contributed by atoms with E-state index < -0.39 is 0 Å². The van der Waals surface area contributed by atoms with Gasteiger partial charge >= 0.3 is 0 Å². The number of amides is 2. The van der Waals surface area contributed by atoms with Gasteiger partial charge in [0.25, 0.3) is 11.8 Å². The van der Waals surface area contributed by atoms with E-state index in [9.17, 15) is 9.59 Å². The van der Waals surface area contributed by atoms with Crippen LogP contribution in [0.1, 0.15) is 31.8 Å². The second-order valence-electron chi connectivity index (χ2n) is 4.88. The average molecular weight is 330 g/mol. The Kier molecular flexibility index (Phi) is 4.05. The van der Waals surface area contributed by atoms with E-state index in [1.807, 2.05) is 31.2 Å². The third kappa shape index (κ3) is 2.56. The van der Waals surface area contributed by atoms with Crippen molar-refractivity contribution in [1.29, 1.82) is 0 Å². The number of aryl methyl sites for hydroxylation is 1. The Labute approximate surface area is 137 Å². The van der Waals surface area contributed by atoms with Crippen LogP contribution in [-0.4, -0.2) is 16.1 Å². The van der Waals surface area contributed by atoms with Crippen molar-refractivity contribution in [2.24, 2.45) is 0 Å². The van der Waals surface area contributed by atoms with Crippen LogP contribution in [0.25, 0.3) is 4.91 Å². The molecule has 0 spiro atoms. The smallest absolute Gasteiger partial charge is 0.268 e. The van der Waals surface area contributed by atoms with Gasteiger partial charge in [0.15, 0.2) is 0 Å². The van der Waals surface area contributed by atoms with Crippen LogP contribution < -0.4 is 0 Å². The van der Waals surface area contributed by atoms with Crippen molar-refractivity contribution in [3.63, 3.8) is 0 Å². The minimum atomic E-state index is -0.311. The highest BCUT2D eigenvalue weighted by molar-refractivity contribution is 8.07. The summed E-state index contributed by atoms with van der Waals surface area (Å²) in [5.74, 6) is -0.623. The molecule has 2 aromatic rings. The van der Waals surface area contributed by atoms with Crippen LogP contribution in [0.3, 0.4) is 0 Å². The maximum Gasteiger partial charge on any atom is 0.272 e. The molecular weight excluding hydrogens is 318 g/mol. The maximum atomic E-state index is 12.4. The highest BCUT2D eigenvalue weighted by Gasteiger charge is 2.36. The van der Waals surface area contributed by atoms with Gasteiger partial charge < -0.3 is 0 Å². The van der Waals surface area contributed by atoms with Crippen LogP contribution >= 0.6 is 23.5 Å². The number of nitrogens with zero attached hydrogens (tertiary/aromatic N) is 1. The predicted octanol–water partition coefficient (Wildman–Crippen LogP) is 4.48. The summed E-state index contributed by atoms with van der Waals surface area (Å²) < 4.78 is 1.15. The molecule has 0 N–H and O–H groups in total. The Balaban J connectivity index is 1.89. The largest absolute Gasteiger partial charge is 0.272 e. The van der Waals surface area contributed by atoms with Crippen LogP contribution in [0.2, 0.25) is 0 Å². The maximum absolute atomic E-state index is 12.4. The number of halogens is 1. The van der Waals surface area contributed by atoms with Crippen LogP contribution in [0.5, 0.6) is 0 Å². The number of benzene rings is 2. The van der Waals surface area contributed by atoms with E-state index in [0.29, 0.717) is 16.0 Å². The molecule has 22 heavy (non-hydrogen) atoms. The van der Waals surface area contributed by atoms with Gasteiger partial charge in [0.05, 0.1) is 11.1 Å². The third-order valence-corrected chi connectivity index (χ3v) is 4.79. The molecule has 3 nitrogen and oxygen atoms in total. The van der Waals surface area contributed by atoms with Gasteiger partial charge in [-0.3, -0.25) is 9.59 Å². The number of rotatable bonds is 3. The minimum absolute atomic E-state index is 0.311. The van der Waals surface area contributed by atoms with E-state index in [0.717, 1.165) is 27.4 Å². The van der Waals surface area contributed by atoms with Crippen LogP contribution in [0, 0.1) is 6.92 Å². The summed E-state index contributed by atoms with van der Waals surface area (Å²) in [5.41, 5.74) is 4.24. The van der Waals surface area contributed by atoms with Gasteiger partial charge in [-0.2, -0.15) is 0 Å². The van der Waals surface area contributed by atoms with Crippen molar-refractivity contribution < 1.29 is 9.59 Å². The molecule has 0 fully saturated rings. The lowest BCUT2D eigenvalue weighted by Crippen LogP contribution is -2.22. The van der Waals surface area contributed by atoms with Crippen molar-refractivity contribution >= 4 is 40.3 Å². The summed E-state index contributed by atoms with van der Waals surface area (Å²) in [6.45, 7) is 1.99. The van der Waals surface area contributed by atoms with Gasteiger partial charge in [0, 0.05) is 10.4 Å². The molecule has 0 radical (unpaired) electrons. The molecule has 0 bridgehead atoms. The fourth-order valence-corrected chi connectivity index (χ4v) is 3.29. The minimum Gasteiger partial charge on any atom is -0.268 e. The number of hydrogen-bond acceptors (Lipinski definition) is 3. The standard InChI is InChI=1S/C17H12ClNO2S/c1-11-6-8-12(9-7-11)15(10-18)22-19-16(20)13-4-2-3-5-14(13)17(19)21/h2-10H,1H3/b15-10+. The van der Waals surface area contributed by atoms with Crippen molar-refractivity contribution in [2.75, 3.05) is 0 Å². The highest BCUT2D eigenvalue weighted by atomic mass is 35.5. The summed E-state index contributed by atoms with van der Waals surface area (Å²) in [6.07, 6.45) is 0. The lowest BCUT2D eigenvalue weighted by molar-refractivity contribution is 0.0778. The second kappa shape index (κ2) is 5.99. The third-order valence-electron chi connectivity index (χ3n) is 3.38. The number of carbonyl (C=O) groups is 2. The quantitative estimate of drug-likeness (QED) is 0.615. The zero-order chi connectivity index (χ0) is 15.7. The van der Waals surface area contributed by atoms with E-state index in [4.69, 9.17) is 11.6 Å². The molecule has 0 unspecified atom stereocenters. The molecule has 1 aliphatic rings. The van der Waals surface area contributed by atoms with Gasteiger partial charge in [-0.1, -0.05) is 53.6 Å². The van der Waals surface area contributed by atoms with Crippen LogP contribution in [0.15, 0.2) is 54.1 Å². The Hall–Kier alpha value is -2.04. The second-order valence-corrected chi connectivity index (χ2v) is 6.09. The van der Waals surface area contributed by atoms with E-state index in [-0.39, 0.29) is 11.8 Å². The number of imide groups is 1. The van der Waals surface area contributed by atoms with E-state index >= 15 is 0 Å². The molecule has 1 heterocycles. The van der Waals surface area contributed by atoms with Gasteiger partial charge in [-0.15, -0.1) is 0 Å². The lowest BCUT2D eigenvalue weighted by atomic mass is 10.1. The topological polar surface area (TPSA) is 37.4 Å². The Morgan fingerprint density at radius 2 is 1.55 bits per heavy atom. The molecule has 0 saturated carbocycles. The normalized spacial score (nSPS) is 14.5. The summed E-state index contributed by atoms with van der Waals surface area (Å²) in [5, 5.41) is 0. The first-order valence-electron chi connectivity index (χ1n) is 6.65. The first-order chi connectivity index (χ1) is 10.6. The molecule has 3 rings (SSSR count). The van der Waals surface area contributed by atoms with E-state index in [2.05, 4.69) is 0 Å². The molecule has 110 valence electrons. The Bertz CT molecular complexity index is 749. The fourth-order valence-electron chi connectivity index (χ4n) is 2.20. The summed E-state index contributed by atoms with van der Waals surface area (Å²) in [4.78, 5) is 25.4.